The molecule has 0 unspecified atom stereocenters. The Morgan fingerprint density at radius 3 is 3.08 bits per heavy atom. The predicted molar refractivity (Wildman–Crippen MR) is 84.2 cm³/mol. The van der Waals surface area contributed by atoms with Gasteiger partial charge in [0, 0.05) is 45.1 Å². The Hall–Kier alpha value is -2.26. The number of hydrogen-bond donors (Lipinski definition) is 2. The van der Waals surface area contributed by atoms with E-state index in [0.717, 1.165) is 24.6 Å². The quantitative estimate of drug-likeness (QED) is 0.716. The molecular weight excluding hydrogens is 312 g/mol. The Balaban J connectivity index is 1.69. The number of methoxy groups -OCH3 is 1. The maximum Gasteiger partial charge on any atom is 0.303 e. The van der Waals surface area contributed by atoms with Gasteiger partial charge in [-0.1, -0.05) is 0 Å². The molecular formula is C15H22N6O3. The van der Waals surface area contributed by atoms with Crippen molar-refractivity contribution in [1.29, 1.82) is 0 Å². The SMILES string of the molecule is COCCn1ccnc1CN1C[C@@H](CC(=O)O)[C@@H](c2cn[nH]n2)C1. The van der Waals surface area contributed by atoms with Gasteiger partial charge in [-0.05, 0) is 5.92 Å². The molecule has 2 aromatic rings. The molecule has 130 valence electrons. The monoisotopic (exact) mass is 334 g/mol. The average Bonchev–Trinajstić information content (AvgIpc) is 3.26. The summed E-state index contributed by atoms with van der Waals surface area (Å²) in [6.45, 7) is 3.53. The van der Waals surface area contributed by atoms with E-state index in [2.05, 4.69) is 29.9 Å². The normalized spacial score (nSPS) is 21.4. The second-order valence-corrected chi connectivity index (χ2v) is 6.08. The molecule has 2 N–H and O–H groups in total. The number of H-pyrrole nitrogens is 1. The first kappa shape index (κ1) is 16.6. The van der Waals surface area contributed by atoms with E-state index in [4.69, 9.17) is 4.74 Å². The maximum absolute atomic E-state index is 11.2. The molecule has 1 fully saturated rings. The highest BCUT2D eigenvalue weighted by Gasteiger charge is 2.36. The lowest BCUT2D eigenvalue weighted by Gasteiger charge is -2.16. The van der Waals surface area contributed by atoms with Crippen molar-refractivity contribution in [2.24, 2.45) is 5.92 Å². The predicted octanol–water partition coefficient (Wildman–Crippen LogP) is 0.338. The van der Waals surface area contributed by atoms with Crippen LogP contribution < -0.4 is 0 Å². The minimum Gasteiger partial charge on any atom is -0.481 e. The number of imidazole rings is 1. The number of carbonyl (C=O) groups is 1. The van der Waals surface area contributed by atoms with Gasteiger partial charge in [0.25, 0.3) is 0 Å². The van der Waals surface area contributed by atoms with Crippen LogP contribution in [0.25, 0.3) is 0 Å². The van der Waals surface area contributed by atoms with Crippen molar-refractivity contribution in [1.82, 2.24) is 29.9 Å². The number of carboxylic acid groups (broad SMARTS) is 1. The molecule has 0 bridgehead atoms. The molecule has 1 aliphatic rings. The summed E-state index contributed by atoms with van der Waals surface area (Å²) in [6, 6.07) is 0. The van der Waals surface area contributed by atoms with Gasteiger partial charge in [0.05, 0.1) is 31.5 Å². The van der Waals surface area contributed by atoms with E-state index in [9.17, 15) is 9.90 Å². The summed E-state index contributed by atoms with van der Waals surface area (Å²) in [4.78, 5) is 17.8. The smallest absolute Gasteiger partial charge is 0.303 e. The summed E-state index contributed by atoms with van der Waals surface area (Å²) < 4.78 is 7.19. The number of likely N-dealkylation sites (tertiary alicyclic amines) is 1. The number of aromatic amines is 1. The molecule has 0 aromatic carbocycles. The Morgan fingerprint density at radius 1 is 1.50 bits per heavy atom. The highest BCUT2D eigenvalue weighted by molar-refractivity contribution is 5.67. The van der Waals surface area contributed by atoms with Crippen molar-refractivity contribution in [2.75, 3.05) is 26.8 Å². The standard InChI is InChI=1S/C15H22N6O3/c1-24-5-4-21-3-2-16-14(21)10-20-8-11(6-15(22)23)12(9-20)13-7-17-19-18-13/h2-3,7,11-12H,4-6,8-10H2,1H3,(H,22,23)(H,17,18,19)/t11-,12+/m1/s1. The first-order valence-corrected chi connectivity index (χ1v) is 7.96. The van der Waals surface area contributed by atoms with Gasteiger partial charge in [-0.3, -0.25) is 9.69 Å². The van der Waals surface area contributed by atoms with Crippen LogP contribution in [0.4, 0.5) is 0 Å². The molecule has 0 radical (unpaired) electrons. The zero-order chi connectivity index (χ0) is 16.9. The fourth-order valence-corrected chi connectivity index (χ4v) is 3.33. The van der Waals surface area contributed by atoms with Gasteiger partial charge in [-0.2, -0.15) is 15.4 Å². The lowest BCUT2D eigenvalue weighted by molar-refractivity contribution is -0.138. The molecule has 0 saturated carbocycles. The third-order valence-electron chi connectivity index (χ3n) is 4.47. The molecule has 9 heteroatoms. The van der Waals surface area contributed by atoms with Gasteiger partial charge in [0.15, 0.2) is 0 Å². The number of rotatable bonds is 8. The fraction of sp³-hybridized carbons (Fsp3) is 0.600. The van der Waals surface area contributed by atoms with Gasteiger partial charge in [0.2, 0.25) is 0 Å². The number of nitrogens with one attached hydrogen (secondary N) is 1. The molecule has 1 saturated heterocycles. The molecule has 2 atom stereocenters. The Kier molecular flexibility index (Phi) is 5.21. The summed E-state index contributed by atoms with van der Waals surface area (Å²) in [5, 5.41) is 19.8. The fourth-order valence-electron chi connectivity index (χ4n) is 3.33. The van der Waals surface area contributed by atoms with Gasteiger partial charge < -0.3 is 14.4 Å². The number of nitrogens with zero attached hydrogens (tertiary/aromatic N) is 5. The van der Waals surface area contributed by atoms with Crippen LogP contribution in [0.2, 0.25) is 0 Å². The van der Waals surface area contributed by atoms with Gasteiger partial charge in [0.1, 0.15) is 5.82 Å². The number of carboxylic acids is 1. The molecule has 24 heavy (non-hydrogen) atoms. The van der Waals surface area contributed by atoms with Gasteiger partial charge in [-0.15, -0.1) is 0 Å². The molecule has 0 spiro atoms. The zero-order valence-electron chi connectivity index (χ0n) is 13.6. The summed E-state index contributed by atoms with van der Waals surface area (Å²) >= 11 is 0. The van der Waals surface area contributed by atoms with Crippen molar-refractivity contribution in [3.63, 3.8) is 0 Å². The minimum atomic E-state index is -0.781. The summed E-state index contributed by atoms with van der Waals surface area (Å²) in [6.07, 6.45) is 5.54. The summed E-state index contributed by atoms with van der Waals surface area (Å²) in [5.74, 6) is 0.274. The number of aromatic nitrogens is 5. The van der Waals surface area contributed by atoms with E-state index in [-0.39, 0.29) is 18.3 Å². The summed E-state index contributed by atoms with van der Waals surface area (Å²) in [7, 11) is 1.68. The van der Waals surface area contributed by atoms with E-state index >= 15 is 0 Å². The van der Waals surface area contributed by atoms with Crippen LogP contribution in [0.15, 0.2) is 18.6 Å². The van der Waals surface area contributed by atoms with Crippen molar-refractivity contribution in [3.05, 3.63) is 30.1 Å². The van der Waals surface area contributed by atoms with Crippen molar-refractivity contribution in [3.8, 4) is 0 Å². The van der Waals surface area contributed by atoms with Crippen LogP contribution in [0.5, 0.6) is 0 Å². The molecule has 9 nitrogen and oxygen atoms in total. The number of hydrogen-bond acceptors (Lipinski definition) is 6. The lowest BCUT2D eigenvalue weighted by Crippen LogP contribution is -2.23. The largest absolute Gasteiger partial charge is 0.481 e. The Bertz CT molecular complexity index is 656. The number of aliphatic carboxylic acids is 1. The topological polar surface area (TPSA) is 109 Å². The lowest BCUT2D eigenvalue weighted by atomic mass is 9.91. The van der Waals surface area contributed by atoms with E-state index in [1.807, 2.05) is 6.20 Å². The first-order valence-electron chi connectivity index (χ1n) is 7.96. The highest BCUT2D eigenvalue weighted by Crippen LogP contribution is 2.34. The minimum absolute atomic E-state index is 0.0231. The molecule has 3 heterocycles. The Morgan fingerprint density at radius 2 is 2.38 bits per heavy atom. The van der Waals surface area contributed by atoms with Crippen molar-refractivity contribution in [2.45, 2.75) is 25.4 Å². The van der Waals surface area contributed by atoms with Crippen molar-refractivity contribution >= 4 is 5.97 Å². The third kappa shape index (κ3) is 3.80. The van der Waals surface area contributed by atoms with Gasteiger partial charge >= 0.3 is 5.97 Å². The molecule has 0 aliphatic carbocycles. The molecule has 2 aromatic heterocycles. The average molecular weight is 334 g/mol. The second-order valence-electron chi connectivity index (χ2n) is 6.08. The van der Waals surface area contributed by atoms with E-state index < -0.39 is 5.97 Å². The molecule has 3 rings (SSSR count). The maximum atomic E-state index is 11.2. The molecule has 1 aliphatic heterocycles. The zero-order valence-corrected chi connectivity index (χ0v) is 13.6. The van der Waals surface area contributed by atoms with Crippen LogP contribution in [0.1, 0.15) is 23.9 Å². The van der Waals surface area contributed by atoms with Crippen molar-refractivity contribution < 1.29 is 14.6 Å². The van der Waals surface area contributed by atoms with Gasteiger partial charge in [-0.25, -0.2) is 4.98 Å². The van der Waals surface area contributed by atoms with Crippen LogP contribution in [0, 0.1) is 5.92 Å². The van der Waals surface area contributed by atoms with E-state index in [1.54, 1.807) is 19.5 Å². The molecule has 0 amide bonds. The Labute approximate surface area is 139 Å². The first-order chi connectivity index (χ1) is 11.7. The van der Waals surface area contributed by atoms with Crippen LogP contribution in [-0.4, -0.2) is 67.7 Å². The summed E-state index contributed by atoms with van der Waals surface area (Å²) in [5.41, 5.74) is 0.825. The van der Waals surface area contributed by atoms with Crippen LogP contribution >= 0.6 is 0 Å². The number of ether oxygens (including phenoxy) is 1. The second kappa shape index (κ2) is 7.54. The highest BCUT2D eigenvalue weighted by atomic mass is 16.5. The van der Waals surface area contributed by atoms with E-state index in [1.165, 1.54) is 0 Å². The van der Waals surface area contributed by atoms with Crippen LogP contribution in [-0.2, 0) is 22.6 Å². The third-order valence-corrected chi connectivity index (χ3v) is 4.47. The van der Waals surface area contributed by atoms with E-state index in [0.29, 0.717) is 19.7 Å². The van der Waals surface area contributed by atoms with Crippen LogP contribution in [0.3, 0.4) is 0 Å².